The van der Waals surface area contributed by atoms with Gasteiger partial charge in [-0.15, -0.1) is 0 Å². The van der Waals surface area contributed by atoms with Crippen LogP contribution in [0, 0.1) is 12.7 Å². The standard InChI is InChI=1S/C23H21FO5S/c1-15-7-9-19(10-8-15)30(25,26)28-14-18-12-16-11-17(24)13-21(23(16)29-18)20-5-3-4-6-22(20)27-2/h3-11,13,18H,12,14H2,1-2H3. The van der Waals surface area contributed by atoms with Gasteiger partial charge in [-0.2, -0.15) is 8.42 Å². The van der Waals surface area contributed by atoms with Crippen molar-refractivity contribution in [3.63, 3.8) is 0 Å². The number of methoxy groups -OCH3 is 1. The molecule has 0 aromatic heterocycles. The number of benzene rings is 3. The first-order valence-electron chi connectivity index (χ1n) is 9.46. The third-order valence-corrected chi connectivity index (χ3v) is 6.27. The molecule has 1 aliphatic rings. The number of ether oxygens (including phenoxy) is 2. The minimum atomic E-state index is -3.91. The van der Waals surface area contributed by atoms with Crippen LogP contribution in [0.15, 0.2) is 65.6 Å². The molecule has 0 radical (unpaired) electrons. The Labute approximate surface area is 175 Å². The molecule has 1 atom stereocenters. The van der Waals surface area contributed by atoms with E-state index in [1.54, 1.807) is 25.3 Å². The van der Waals surface area contributed by atoms with Crippen LogP contribution in [-0.4, -0.2) is 28.2 Å². The molecular weight excluding hydrogens is 407 g/mol. The van der Waals surface area contributed by atoms with Crippen molar-refractivity contribution in [1.29, 1.82) is 0 Å². The maximum absolute atomic E-state index is 14.3. The Morgan fingerprint density at radius 1 is 1.07 bits per heavy atom. The molecule has 156 valence electrons. The van der Waals surface area contributed by atoms with Crippen LogP contribution >= 0.6 is 0 Å². The van der Waals surface area contributed by atoms with E-state index >= 15 is 0 Å². The lowest BCUT2D eigenvalue weighted by molar-refractivity contribution is 0.152. The number of fused-ring (bicyclic) bond motifs is 1. The molecule has 1 heterocycles. The minimum Gasteiger partial charge on any atom is -0.496 e. The minimum absolute atomic E-state index is 0.0874. The Kier molecular flexibility index (Phi) is 5.49. The number of para-hydroxylation sites is 1. The zero-order chi connectivity index (χ0) is 21.3. The van der Waals surface area contributed by atoms with E-state index in [2.05, 4.69) is 0 Å². The van der Waals surface area contributed by atoms with Crippen molar-refractivity contribution in [2.45, 2.75) is 24.3 Å². The van der Waals surface area contributed by atoms with Crippen molar-refractivity contribution < 1.29 is 26.5 Å². The predicted molar refractivity (Wildman–Crippen MR) is 111 cm³/mol. The maximum Gasteiger partial charge on any atom is 0.297 e. The highest BCUT2D eigenvalue weighted by molar-refractivity contribution is 7.86. The molecule has 4 rings (SSSR count). The van der Waals surface area contributed by atoms with Crippen molar-refractivity contribution >= 4 is 10.1 Å². The van der Waals surface area contributed by atoms with Crippen LogP contribution in [0.2, 0.25) is 0 Å². The van der Waals surface area contributed by atoms with Crippen molar-refractivity contribution in [2.75, 3.05) is 13.7 Å². The van der Waals surface area contributed by atoms with Gasteiger partial charge in [0.1, 0.15) is 30.0 Å². The Hall–Kier alpha value is -2.90. The molecule has 1 aliphatic heterocycles. The average Bonchev–Trinajstić information content (AvgIpc) is 3.15. The highest BCUT2D eigenvalue weighted by atomic mass is 32.2. The number of rotatable bonds is 6. The summed E-state index contributed by atoms with van der Waals surface area (Å²) in [5.41, 5.74) is 2.88. The number of hydrogen-bond acceptors (Lipinski definition) is 5. The average molecular weight is 428 g/mol. The molecule has 3 aromatic rings. The van der Waals surface area contributed by atoms with Gasteiger partial charge in [0.15, 0.2) is 0 Å². The van der Waals surface area contributed by atoms with E-state index in [4.69, 9.17) is 13.7 Å². The quantitative estimate of drug-likeness (QED) is 0.541. The maximum atomic E-state index is 14.3. The topological polar surface area (TPSA) is 61.8 Å². The summed E-state index contributed by atoms with van der Waals surface area (Å²) in [6.45, 7) is 1.71. The van der Waals surface area contributed by atoms with Crippen LogP contribution in [0.5, 0.6) is 11.5 Å². The van der Waals surface area contributed by atoms with Crippen LogP contribution < -0.4 is 9.47 Å². The summed E-state index contributed by atoms with van der Waals surface area (Å²) in [4.78, 5) is 0.0874. The molecule has 0 saturated carbocycles. The van der Waals surface area contributed by atoms with Gasteiger partial charge in [0.05, 0.1) is 12.0 Å². The lowest BCUT2D eigenvalue weighted by Gasteiger charge is -2.15. The number of hydrogen-bond donors (Lipinski definition) is 0. The SMILES string of the molecule is COc1ccccc1-c1cc(F)cc2c1OC(COS(=O)(=O)c1ccc(C)cc1)C2. The zero-order valence-electron chi connectivity index (χ0n) is 16.6. The summed E-state index contributed by atoms with van der Waals surface area (Å²) in [5, 5.41) is 0. The summed E-state index contributed by atoms with van der Waals surface area (Å²) in [7, 11) is -2.36. The van der Waals surface area contributed by atoms with Crippen molar-refractivity contribution in [2.24, 2.45) is 0 Å². The fourth-order valence-electron chi connectivity index (χ4n) is 3.49. The van der Waals surface area contributed by atoms with Crippen LogP contribution in [-0.2, 0) is 20.7 Å². The summed E-state index contributed by atoms with van der Waals surface area (Å²) in [6.07, 6.45) is -0.200. The second-order valence-corrected chi connectivity index (χ2v) is 8.75. The smallest absolute Gasteiger partial charge is 0.297 e. The Morgan fingerprint density at radius 2 is 1.80 bits per heavy atom. The Balaban J connectivity index is 1.56. The van der Waals surface area contributed by atoms with Gasteiger partial charge >= 0.3 is 0 Å². The van der Waals surface area contributed by atoms with Gasteiger partial charge in [0.2, 0.25) is 0 Å². The summed E-state index contributed by atoms with van der Waals surface area (Å²) in [5.74, 6) is 0.713. The van der Waals surface area contributed by atoms with Crippen LogP contribution in [0.25, 0.3) is 11.1 Å². The molecule has 0 saturated heterocycles. The van der Waals surface area contributed by atoms with Crippen molar-refractivity contribution in [1.82, 2.24) is 0 Å². The van der Waals surface area contributed by atoms with E-state index in [0.29, 0.717) is 34.6 Å². The van der Waals surface area contributed by atoms with Gasteiger partial charge in [-0.1, -0.05) is 35.9 Å². The normalized spacial score (nSPS) is 15.5. The fraction of sp³-hybridized carbons (Fsp3) is 0.217. The highest BCUT2D eigenvalue weighted by Gasteiger charge is 2.29. The van der Waals surface area contributed by atoms with Gasteiger partial charge < -0.3 is 9.47 Å². The third-order valence-electron chi connectivity index (χ3n) is 4.98. The van der Waals surface area contributed by atoms with Crippen LogP contribution in [0.4, 0.5) is 4.39 Å². The van der Waals surface area contributed by atoms with E-state index in [-0.39, 0.29) is 11.5 Å². The first-order valence-corrected chi connectivity index (χ1v) is 10.9. The molecule has 1 unspecified atom stereocenters. The highest BCUT2D eigenvalue weighted by Crippen LogP contribution is 2.42. The van der Waals surface area contributed by atoms with E-state index in [1.165, 1.54) is 24.3 Å². The van der Waals surface area contributed by atoms with Gasteiger partial charge in [-0.3, -0.25) is 4.18 Å². The third kappa shape index (κ3) is 4.04. The number of halogens is 1. The molecule has 0 aliphatic carbocycles. The molecule has 0 spiro atoms. The van der Waals surface area contributed by atoms with Gasteiger partial charge in [-0.25, -0.2) is 4.39 Å². The van der Waals surface area contributed by atoms with Gasteiger partial charge in [-0.05, 0) is 37.3 Å². The van der Waals surface area contributed by atoms with Crippen LogP contribution in [0.3, 0.4) is 0 Å². The monoisotopic (exact) mass is 428 g/mol. The van der Waals surface area contributed by atoms with E-state index in [0.717, 1.165) is 5.56 Å². The summed E-state index contributed by atoms with van der Waals surface area (Å²) in [6, 6.07) is 16.5. The molecular formula is C23H21FO5S. The Bertz CT molecular complexity index is 1170. The van der Waals surface area contributed by atoms with E-state index < -0.39 is 22.0 Å². The van der Waals surface area contributed by atoms with E-state index in [9.17, 15) is 12.8 Å². The largest absolute Gasteiger partial charge is 0.496 e. The van der Waals surface area contributed by atoms with E-state index in [1.807, 2.05) is 25.1 Å². The number of aryl methyl sites for hydroxylation is 1. The van der Waals surface area contributed by atoms with Crippen molar-refractivity contribution in [3.05, 3.63) is 77.6 Å². The lowest BCUT2D eigenvalue weighted by atomic mass is 9.99. The second kappa shape index (κ2) is 8.08. The molecule has 0 bridgehead atoms. The van der Waals surface area contributed by atoms with Crippen LogP contribution in [0.1, 0.15) is 11.1 Å². The molecule has 0 N–H and O–H groups in total. The molecule has 0 fully saturated rings. The Morgan fingerprint density at radius 3 is 2.53 bits per heavy atom. The summed E-state index contributed by atoms with van der Waals surface area (Å²) >= 11 is 0. The first kappa shape index (κ1) is 20.4. The predicted octanol–water partition coefficient (Wildman–Crippen LogP) is 4.52. The van der Waals surface area contributed by atoms with Crippen molar-refractivity contribution in [3.8, 4) is 22.6 Å². The lowest BCUT2D eigenvalue weighted by Crippen LogP contribution is -2.23. The second-order valence-electron chi connectivity index (χ2n) is 7.14. The molecule has 0 amide bonds. The fourth-order valence-corrected chi connectivity index (χ4v) is 4.43. The molecule has 30 heavy (non-hydrogen) atoms. The molecule has 5 nitrogen and oxygen atoms in total. The molecule has 7 heteroatoms. The molecule has 3 aromatic carbocycles. The first-order chi connectivity index (χ1) is 14.4. The van der Waals surface area contributed by atoms with Gasteiger partial charge in [0, 0.05) is 23.1 Å². The van der Waals surface area contributed by atoms with Gasteiger partial charge in [0.25, 0.3) is 10.1 Å². The zero-order valence-corrected chi connectivity index (χ0v) is 17.4. The summed E-state index contributed by atoms with van der Waals surface area (Å²) < 4.78 is 55.8.